The number of ketones is 1. The second-order valence-electron chi connectivity index (χ2n) is 13.1. The van der Waals surface area contributed by atoms with E-state index in [9.17, 15) is 35.1 Å². The predicted molar refractivity (Wildman–Crippen MR) is 157 cm³/mol. The van der Waals surface area contributed by atoms with Crippen molar-refractivity contribution >= 4 is 11.8 Å². The minimum absolute atomic E-state index is 0.0922. The van der Waals surface area contributed by atoms with E-state index < -0.39 is 85.8 Å². The lowest BCUT2D eigenvalue weighted by molar-refractivity contribution is -0.355. The van der Waals surface area contributed by atoms with Crippen molar-refractivity contribution in [3.8, 4) is 0 Å². The zero-order chi connectivity index (χ0) is 33.0. The fourth-order valence-corrected chi connectivity index (χ4v) is 6.37. The monoisotopic (exact) mass is 631 g/mol. The van der Waals surface area contributed by atoms with Crippen molar-refractivity contribution in [3.63, 3.8) is 0 Å². The van der Waals surface area contributed by atoms with E-state index in [1.54, 1.807) is 19.9 Å². The van der Waals surface area contributed by atoms with Gasteiger partial charge in [-0.1, -0.05) is 26.8 Å². The summed E-state index contributed by atoms with van der Waals surface area (Å²) in [6.07, 6.45) is -8.36. The molecule has 44 heavy (non-hydrogen) atoms. The molecule has 3 rings (SSSR count). The number of likely N-dealkylation sites (N-methyl/N-ethyl adjacent to an activating group) is 1. The summed E-state index contributed by atoms with van der Waals surface area (Å²) >= 11 is 0. The Morgan fingerprint density at radius 1 is 0.932 bits per heavy atom. The van der Waals surface area contributed by atoms with Crippen molar-refractivity contribution in [1.29, 1.82) is 0 Å². The number of rotatable bonds is 7. The number of carbonyl (C=O) groups excluding carboxylic acids is 2. The van der Waals surface area contributed by atoms with Crippen LogP contribution >= 0.6 is 0 Å². The van der Waals surface area contributed by atoms with Gasteiger partial charge in [-0.2, -0.15) is 0 Å². The van der Waals surface area contributed by atoms with Gasteiger partial charge in [0.05, 0.1) is 30.8 Å². The Morgan fingerprint density at radius 3 is 2.16 bits per heavy atom. The highest BCUT2D eigenvalue weighted by Gasteiger charge is 2.50. The van der Waals surface area contributed by atoms with Crippen LogP contribution in [0.4, 0.5) is 0 Å². The molecular formula is C31H53NO12. The maximum absolute atomic E-state index is 13.5. The van der Waals surface area contributed by atoms with E-state index in [1.807, 2.05) is 39.8 Å². The number of hydrogen-bond donors (Lipinski definition) is 5. The van der Waals surface area contributed by atoms with Gasteiger partial charge in [0.25, 0.3) is 0 Å². The fourth-order valence-electron chi connectivity index (χ4n) is 6.37. The molecule has 16 atom stereocenters. The minimum atomic E-state index is -1.64. The maximum Gasteiger partial charge on any atom is 0.311 e. The first kappa shape index (κ1) is 36.9. The molecule has 0 saturated carbocycles. The molecule has 0 aromatic rings. The molecule has 2 saturated heterocycles. The number of carbonyl (C=O) groups is 2. The highest BCUT2D eigenvalue weighted by molar-refractivity contribution is 5.91. The third kappa shape index (κ3) is 8.64. The zero-order valence-corrected chi connectivity index (χ0v) is 27.1. The normalized spacial score (nSPS) is 46.1. The first-order chi connectivity index (χ1) is 20.6. The number of esters is 1. The van der Waals surface area contributed by atoms with Crippen molar-refractivity contribution in [3.05, 3.63) is 12.2 Å². The number of ether oxygens (including phenoxy) is 5. The average molecular weight is 632 g/mol. The van der Waals surface area contributed by atoms with Crippen LogP contribution in [0.3, 0.4) is 0 Å². The summed E-state index contributed by atoms with van der Waals surface area (Å²) in [7, 11) is 3.69. The quantitative estimate of drug-likeness (QED) is 0.237. The van der Waals surface area contributed by atoms with E-state index in [4.69, 9.17) is 23.7 Å². The SMILES string of the molecule is C[C@@H]1C[C@H](N(C)C)[C@@H](O[C@@H]2O[C@H](CO)[C@@H](O)[C@H](O)[C@H]2O)[C@H](O[C@H]2[C@@H](C)C[C@@H](C)C(=O)/C=C/[C@@H](C)[C@@H]([C@@H](C)O)OC(=O)[C@@H]2C)O1. The molecule has 0 amide bonds. The van der Waals surface area contributed by atoms with Gasteiger partial charge in [-0.05, 0) is 59.7 Å². The summed E-state index contributed by atoms with van der Waals surface area (Å²) in [5, 5.41) is 51.4. The average Bonchev–Trinajstić information content (AvgIpc) is 2.96. The number of aliphatic hydroxyl groups excluding tert-OH is 5. The second-order valence-corrected chi connectivity index (χ2v) is 13.1. The van der Waals surface area contributed by atoms with Gasteiger partial charge >= 0.3 is 5.97 Å². The topological polar surface area (TPSA) is 185 Å². The molecule has 5 N–H and O–H groups in total. The van der Waals surface area contributed by atoms with Crippen LogP contribution in [-0.2, 0) is 33.3 Å². The Hall–Kier alpha value is -1.52. The smallest absolute Gasteiger partial charge is 0.311 e. The van der Waals surface area contributed by atoms with Crippen LogP contribution < -0.4 is 0 Å². The highest BCUT2D eigenvalue weighted by atomic mass is 16.7. The standard InChI is InChI=1S/C31H53NO12/c1-14-9-10-21(35)15(2)11-16(3)26(18(5)29(39)42-27(14)19(6)34)43-31-28(20(32(7)8)12-17(4)40-31)44-30-25(38)24(37)23(36)22(13-33)41-30/h9-10,14-20,22-28,30-31,33-34,36-38H,11-13H2,1-8H3/b10-9+/t14-,15-,16+,17-,18-,19-,20+,22-,23-,24+,25-,26+,27+,28-,30+,31+/m1/s1. The Labute approximate surface area is 260 Å². The molecular weight excluding hydrogens is 578 g/mol. The first-order valence-electron chi connectivity index (χ1n) is 15.6. The summed E-state index contributed by atoms with van der Waals surface area (Å²) in [6.45, 7) is 9.93. The third-order valence-corrected chi connectivity index (χ3v) is 9.13. The van der Waals surface area contributed by atoms with Gasteiger partial charge in [-0.3, -0.25) is 9.59 Å². The Morgan fingerprint density at radius 2 is 1.57 bits per heavy atom. The molecule has 3 aliphatic heterocycles. The fraction of sp³-hybridized carbons (Fsp3) is 0.871. The van der Waals surface area contributed by atoms with Crippen molar-refractivity contribution in [2.24, 2.45) is 23.7 Å². The molecule has 3 heterocycles. The molecule has 0 spiro atoms. The molecule has 254 valence electrons. The van der Waals surface area contributed by atoms with Crippen LogP contribution in [0.25, 0.3) is 0 Å². The van der Waals surface area contributed by atoms with Crippen LogP contribution in [0.1, 0.15) is 54.4 Å². The summed E-state index contributed by atoms with van der Waals surface area (Å²) < 4.78 is 30.5. The lowest BCUT2D eigenvalue weighted by atomic mass is 9.84. The number of aliphatic hydroxyl groups is 5. The third-order valence-electron chi connectivity index (χ3n) is 9.13. The minimum Gasteiger partial charge on any atom is -0.459 e. The molecule has 13 heteroatoms. The van der Waals surface area contributed by atoms with Gasteiger partial charge in [-0.25, -0.2) is 0 Å². The van der Waals surface area contributed by atoms with Gasteiger partial charge in [0.15, 0.2) is 18.4 Å². The molecule has 3 aliphatic rings. The largest absolute Gasteiger partial charge is 0.459 e. The van der Waals surface area contributed by atoms with Crippen LogP contribution in [-0.4, -0.2) is 136 Å². The number of allylic oxidation sites excluding steroid dienone is 1. The summed E-state index contributed by atoms with van der Waals surface area (Å²) in [5.41, 5.74) is 0. The number of cyclic esters (lactones) is 1. The molecule has 13 nitrogen and oxygen atoms in total. The number of hydrogen-bond acceptors (Lipinski definition) is 13. The summed E-state index contributed by atoms with van der Waals surface area (Å²) in [6, 6.07) is -0.328. The Kier molecular flexibility index (Phi) is 13.3. The van der Waals surface area contributed by atoms with Crippen molar-refractivity contribution in [2.75, 3.05) is 20.7 Å². The Bertz CT molecular complexity index is 975. The maximum atomic E-state index is 13.5. The first-order valence-corrected chi connectivity index (χ1v) is 15.6. The Balaban J connectivity index is 1.97. The van der Waals surface area contributed by atoms with Gasteiger partial charge in [0, 0.05) is 17.9 Å². The molecule has 0 bridgehead atoms. The van der Waals surface area contributed by atoms with E-state index in [0.29, 0.717) is 12.8 Å². The van der Waals surface area contributed by atoms with Crippen LogP contribution in [0.2, 0.25) is 0 Å². The van der Waals surface area contributed by atoms with Crippen LogP contribution in [0.15, 0.2) is 12.2 Å². The molecule has 0 aromatic carbocycles. The van der Waals surface area contributed by atoms with E-state index in [2.05, 4.69) is 0 Å². The number of nitrogens with zero attached hydrogens (tertiary/aromatic N) is 1. The molecule has 0 aromatic heterocycles. The van der Waals surface area contributed by atoms with Crippen molar-refractivity contribution in [2.45, 2.75) is 128 Å². The van der Waals surface area contributed by atoms with Crippen molar-refractivity contribution in [1.82, 2.24) is 4.90 Å². The van der Waals surface area contributed by atoms with E-state index in [0.717, 1.165) is 0 Å². The van der Waals surface area contributed by atoms with Gasteiger partial charge < -0.3 is 54.1 Å². The molecule has 0 radical (unpaired) electrons. The van der Waals surface area contributed by atoms with Crippen LogP contribution in [0, 0.1) is 23.7 Å². The van der Waals surface area contributed by atoms with E-state index in [-0.39, 0.29) is 29.8 Å². The molecule has 0 aliphatic carbocycles. The summed E-state index contributed by atoms with van der Waals surface area (Å²) in [5.74, 6) is -2.64. The summed E-state index contributed by atoms with van der Waals surface area (Å²) in [4.78, 5) is 28.4. The second kappa shape index (κ2) is 15.9. The lowest BCUT2D eigenvalue weighted by Gasteiger charge is -2.48. The molecule has 2 fully saturated rings. The van der Waals surface area contributed by atoms with Crippen molar-refractivity contribution < 1.29 is 58.8 Å². The van der Waals surface area contributed by atoms with Crippen LogP contribution in [0.5, 0.6) is 0 Å². The molecule has 0 unspecified atom stereocenters. The zero-order valence-electron chi connectivity index (χ0n) is 27.1. The van der Waals surface area contributed by atoms with E-state index in [1.165, 1.54) is 13.0 Å². The van der Waals surface area contributed by atoms with E-state index >= 15 is 0 Å². The predicted octanol–water partition coefficient (Wildman–Crippen LogP) is -0.0122. The highest BCUT2D eigenvalue weighted by Crippen LogP contribution is 2.35. The van der Waals surface area contributed by atoms with Gasteiger partial charge in [-0.15, -0.1) is 0 Å². The van der Waals surface area contributed by atoms with Gasteiger partial charge in [0.1, 0.15) is 36.6 Å². The lowest BCUT2D eigenvalue weighted by Crippen LogP contribution is -2.63. The van der Waals surface area contributed by atoms with Gasteiger partial charge in [0.2, 0.25) is 0 Å².